The lowest BCUT2D eigenvalue weighted by molar-refractivity contribution is -0.117. The number of ether oxygens (including phenoxy) is 1. The molecule has 0 heterocycles. The number of nitrogens with one attached hydrogen (secondary N) is 1. The van der Waals surface area contributed by atoms with Gasteiger partial charge in [0, 0.05) is 5.69 Å². The second kappa shape index (κ2) is 8.50. The number of anilines is 1. The number of carbonyl (C=O) groups is 1. The van der Waals surface area contributed by atoms with Gasteiger partial charge in [0.2, 0.25) is 5.91 Å². The maximum atomic E-state index is 12.5. The molecule has 0 aliphatic carbocycles. The molecule has 0 spiro atoms. The van der Waals surface area contributed by atoms with Crippen molar-refractivity contribution in [2.24, 2.45) is 0 Å². The van der Waals surface area contributed by atoms with Crippen LogP contribution in [0, 0.1) is 0 Å². The summed E-state index contributed by atoms with van der Waals surface area (Å²) in [6.45, 7) is 5.20. The first-order chi connectivity index (χ1) is 11.5. The molecule has 0 atom stereocenters. The molecule has 0 bridgehead atoms. The van der Waals surface area contributed by atoms with Crippen LogP contribution in [0.25, 0.3) is 0 Å². The molecule has 0 unspecified atom stereocenters. The molecule has 1 amide bonds. The number of hydrogen-bond donors (Lipinski definition) is 1. The Kier molecular flexibility index (Phi) is 6.38. The first-order valence-electron chi connectivity index (χ1n) is 8.23. The van der Waals surface area contributed by atoms with E-state index in [2.05, 4.69) is 43.4 Å². The van der Waals surface area contributed by atoms with Crippen LogP contribution in [-0.4, -0.2) is 26.6 Å². The summed E-state index contributed by atoms with van der Waals surface area (Å²) in [6.07, 6.45) is 0. The zero-order valence-electron chi connectivity index (χ0n) is 14.9. The van der Waals surface area contributed by atoms with Crippen LogP contribution in [-0.2, 0) is 11.3 Å². The third-order valence-corrected chi connectivity index (χ3v) is 4.00. The highest BCUT2D eigenvalue weighted by molar-refractivity contribution is 5.94. The third-order valence-electron chi connectivity index (χ3n) is 4.00. The second-order valence-electron chi connectivity index (χ2n) is 6.10. The number of likely N-dealkylation sites (N-methyl/N-ethyl adjacent to an activating group) is 1. The number of methoxy groups -OCH3 is 1. The van der Waals surface area contributed by atoms with Crippen molar-refractivity contribution in [3.63, 3.8) is 0 Å². The average molecular weight is 326 g/mol. The largest absolute Gasteiger partial charge is 0.497 e. The number of amides is 1. The SMILES string of the molecule is CNCC(=O)N(Cc1ccc(C(C)C)cc1)c1ccc(OC)cc1. The molecule has 4 nitrogen and oxygen atoms in total. The molecular formula is C20H26N2O2. The van der Waals surface area contributed by atoms with E-state index in [1.165, 1.54) is 5.56 Å². The van der Waals surface area contributed by atoms with E-state index in [1.54, 1.807) is 19.1 Å². The number of nitrogens with zero attached hydrogens (tertiary/aromatic N) is 1. The van der Waals surface area contributed by atoms with Gasteiger partial charge in [0.05, 0.1) is 20.2 Å². The predicted octanol–water partition coefficient (Wildman–Crippen LogP) is 3.57. The van der Waals surface area contributed by atoms with Gasteiger partial charge in [-0.15, -0.1) is 0 Å². The van der Waals surface area contributed by atoms with Gasteiger partial charge in [0.1, 0.15) is 5.75 Å². The van der Waals surface area contributed by atoms with Gasteiger partial charge < -0.3 is 15.0 Å². The molecule has 24 heavy (non-hydrogen) atoms. The maximum absolute atomic E-state index is 12.5. The molecule has 0 aromatic heterocycles. The van der Waals surface area contributed by atoms with Gasteiger partial charge in [-0.3, -0.25) is 4.79 Å². The molecule has 4 heteroatoms. The van der Waals surface area contributed by atoms with Crippen LogP contribution in [0.15, 0.2) is 48.5 Å². The fourth-order valence-corrected chi connectivity index (χ4v) is 2.52. The van der Waals surface area contributed by atoms with E-state index in [-0.39, 0.29) is 5.91 Å². The summed E-state index contributed by atoms with van der Waals surface area (Å²) in [6, 6.07) is 16.0. The molecule has 2 aromatic rings. The fourth-order valence-electron chi connectivity index (χ4n) is 2.52. The maximum Gasteiger partial charge on any atom is 0.241 e. The molecule has 0 radical (unpaired) electrons. The van der Waals surface area contributed by atoms with Gasteiger partial charge in [0.15, 0.2) is 0 Å². The van der Waals surface area contributed by atoms with E-state index < -0.39 is 0 Å². The number of rotatable bonds is 7. The van der Waals surface area contributed by atoms with Crippen molar-refractivity contribution in [1.82, 2.24) is 5.32 Å². The summed E-state index contributed by atoms with van der Waals surface area (Å²) in [5.74, 6) is 1.32. The summed E-state index contributed by atoms with van der Waals surface area (Å²) in [5.41, 5.74) is 3.28. The Balaban J connectivity index is 2.23. The predicted molar refractivity (Wildman–Crippen MR) is 98.6 cm³/mol. The van der Waals surface area contributed by atoms with Crippen LogP contribution < -0.4 is 15.0 Å². The van der Waals surface area contributed by atoms with Crippen LogP contribution in [0.4, 0.5) is 5.69 Å². The first-order valence-corrected chi connectivity index (χ1v) is 8.23. The van der Waals surface area contributed by atoms with Crippen molar-refractivity contribution >= 4 is 11.6 Å². The lowest BCUT2D eigenvalue weighted by Gasteiger charge is -2.23. The minimum atomic E-state index is 0.0376. The number of hydrogen-bond acceptors (Lipinski definition) is 3. The van der Waals surface area contributed by atoms with Crippen molar-refractivity contribution in [1.29, 1.82) is 0 Å². The second-order valence-corrected chi connectivity index (χ2v) is 6.10. The van der Waals surface area contributed by atoms with Gasteiger partial charge in [-0.1, -0.05) is 38.1 Å². The molecule has 0 aliphatic rings. The Labute approximate surface area is 144 Å². The van der Waals surface area contributed by atoms with E-state index in [1.807, 2.05) is 24.3 Å². The van der Waals surface area contributed by atoms with Crippen LogP contribution in [0.2, 0.25) is 0 Å². The van der Waals surface area contributed by atoms with Gasteiger partial charge in [-0.2, -0.15) is 0 Å². The summed E-state index contributed by atoms with van der Waals surface area (Å²) < 4.78 is 5.19. The normalized spacial score (nSPS) is 10.7. The minimum Gasteiger partial charge on any atom is -0.497 e. The topological polar surface area (TPSA) is 41.6 Å². The summed E-state index contributed by atoms with van der Waals surface area (Å²) in [5, 5.41) is 2.93. The smallest absolute Gasteiger partial charge is 0.241 e. The molecular weight excluding hydrogens is 300 g/mol. The number of carbonyl (C=O) groups excluding carboxylic acids is 1. The lowest BCUT2D eigenvalue weighted by atomic mass is 10.0. The molecule has 1 N–H and O–H groups in total. The first kappa shape index (κ1) is 18.0. The van der Waals surface area contributed by atoms with E-state index >= 15 is 0 Å². The summed E-state index contributed by atoms with van der Waals surface area (Å²) in [4.78, 5) is 14.3. The van der Waals surface area contributed by atoms with E-state index in [4.69, 9.17) is 4.74 Å². The van der Waals surface area contributed by atoms with Gasteiger partial charge in [-0.25, -0.2) is 0 Å². The monoisotopic (exact) mass is 326 g/mol. The summed E-state index contributed by atoms with van der Waals surface area (Å²) in [7, 11) is 3.41. The van der Waals surface area contributed by atoms with Crippen molar-refractivity contribution in [3.8, 4) is 5.75 Å². The average Bonchev–Trinajstić information content (AvgIpc) is 2.60. The van der Waals surface area contributed by atoms with Crippen molar-refractivity contribution < 1.29 is 9.53 Å². The van der Waals surface area contributed by atoms with Gasteiger partial charge in [0.25, 0.3) is 0 Å². The van der Waals surface area contributed by atoms with E-state index in [0.29, 0.717) is 19.0 Å². The molecule has 0 aliphatic heterocycles. The molecule has 2 rings (SSSR count). The summed E-state index contributed by atoms with van der Waals surface area (Å²) >= 11 is 0. The highest BCUT2D eigenvalue weighted by atomic mass is 16.5. The Morgan fingerprint density at radius 1 is 1.08 bits per heavy atom. The molecule has 2 aromatic carbocycles. The fraction of sp³-hybridized carbons (Fsp3) is 0.350. The van der Waals surface area contributed by atoms with Crippen LogP contribution in [0.3, 0.4) is 0 Å². The Morgan fingerprint density at radius 2 is 1.71 bits per heavy atom. The quantitative estimate of drug-likeness (QED) is 0.846. The van der Waals surface area contributed by atoms with Crippen LogP contribution in [0.1, 0.15) is 30.9 Å². The molecule has 0 saturated heterocycles. The standard InChI is InChI=1S/C20H26N2O2/c1-15(2)17-7-5-16(6-8-17)14-22(20(23)13-21-3)18-9-11-19(24-4)12-10-18/h5-12,15,21H,13-14H2,1-4H3. The Hall–Kier alpha value is -2.33. The minimum absolute atomic E-state index is 0.0376. The van der Waals surface area contributed by atoms with Crippen molar-refractivity contribution in [2.75, 3.05) is 25.6 Å². The lowest BCUT2D eigenvalue weighted by Crippen LogP contribution is -2.36. The Morgan fingerprint density at radius 3 is 2.21 bits per heavy atom. The Bertz CT molecular complexity index is 648. The van der Waals surface area contributed by atoms with Crippen molar-refractivity contribution in [2.45, 2.75) is 26.3 Å². The molecule has 0 fully saturated rings. The molecule has 128 valence electrons. The van der Waals surface area contributed by atoms with E-state index in [0.717, 1.165) is 17.0 Å². The van der Waals surface area contributed by atoms with Crippen molar-refractivity contribution in [3.05, 3.63) is 59.7 Å². The van der Waals surface area contributed by atoms with Gasteiger partial charge in [-0.05, 0) is 48.4 Å². The zero-order valence-corrected chi connectivity index (χ0v) is 14.9. The highest BCUT2D eigenvalue weighted by Crippen LogP contribution is 2.22. The van der Waals surface area contributed by atoms with Crippen LogP contribution >= 0.6 is 0 Å². The van der Waals surface area contributed by atoms with Crippen LogP contribution in [0.5, 0.6) is 5.75 Å². The molecule has 0 saturated carbocycles. The number of benzene rings is 2. The highest BCUT2D eigenvalue weighted by Gasteiger charge is 2.16. The van der Waals surface area contributed by atoms with E-state index in [9.17, 15) is 4.79 Å². The third kappa shape index (κ3) is 4.59. The van der Waals surface area contributed by atoms with Gasteiger partial charge >= 0.3 is 0 Å². The zero-order chi connectivity index (χ0) is 17.5.